The van der Waals surface area contributed by atoms with Crippen LogP contribution in [0.1, 0.15) is 32.1 Å². The maximum atomic E-state index is 12.9. The number of esters is 1. The Balaban J connectivity index is 1.84. The molecule has 3 atom stereocenters. The van der Waals surface area contributed by atoms with Crippen molar-refractivity contribution >= 4 is 52.7 Å². The van der Waals surface area contributed by atoms with E-state index in [-0.39, 0.29) is 39.4 Å². The van der Waals surface area contributed by atoms with E-state index in [2.05, 4.69) is 0 Å². The highest BCUT2D eigenvalue weighted by Crippen LogP contribution is 2.40. The lowest BCUT2D eigenvalue weighted by molar-refractivity contribution is -0.153. The Kier molecular flexibility index (Phi) is 6.71. The molecule has 8 heteroatoms. The number of rotatable bonds is 6. The SMILES string of the molecule is CSCCC(C(=O)Oc1cccc(Cl)c1Cl)N1C(=O)C2CCCCC2C1=O. The van der Waals surface area contributed by atoms with Gasteiger partial charge in [0.2, 0.25) is 11.8 Å². The Labute approximate surface area is 172 Å². The summed E-state index contributed by atoms with van der Waals surface area (Å²) in [5.74, 6) is -1.01. The zero-order valence-electron chi connectivity index (χ0n) is 15.0. The lowest BCUT2D eigenvalue weighted by Crippen LogP contribution is -2.47. The van der Waals surface area contributed by atoms with Crippen molar-refractivity contribution in [3.8, 4) is 5.75 Å². The van der Waals surface area contributed by atoms with E-state index in [4.69, 9.17) is 27.9 Å². The van der Waals surface area contributed by atoms with Gasteiger partial charge >= 0.3 is 5.97 Å². The van der Waals surface area contributed by atoms with Crippen molar-refractivity contribution in [1.82, 2.24) is 4.90 Å². The van der Waals surface area contributed by atoms with Crippen molar-refractivity contribution in [3.63, 3.8) is 0 Å². The van der Waals surface area contributed by atoms with Crippen LogP contribution in [0, 0.1) is 11.8 Å². The van der Waals surface area contributed by atoms with Gasteiger partial charge in [0.05, 0.1) is 16.9 Å². The van der Waals surface area contributed by atoms with Gasteiger partial charge in [-0.3, -0.25) is 14.5 Å². The highest BCUT2D eigenvalue weighted by molar-refractivity contribution is 7.98. The van der Waals surface area contributed by atoms with E-state index in [1.165, 1.54) is 6.07 Å². The second kappa shape index (κ2) is 8.84. The fourth-order valence-electron chi connectivity index (χ4n) is 3.82. The summed E-state index contributed by atoms with van der Waals surface area (Å²) in [6, 6.07) is 3.79. The summed E-state index contributed by atoms with van der Waals surface area (Å²) in [5.41, 5.74) is 0. The van der Waals surface area contributed by atoms with Gasteiger partial charge in [-0.2, -0.15) is 11.8 Å². The maximum absolute atomic E-state index is 12.9. The summed E-state index contributed by atoms with van der Waals surface area (Å²) in [7, 11) is 0. The number of hydrogen-bond acceptors (Lipinski definition) is 5. The van der Waals surface area contributed by atoms with Crippen LogP contribution < -0.4 is 4.74 Å². The van der Waals surface area contributed by atoms with Crippen LogP contribution in [0.4, 0.5) is 0 Å². The van der Waals surface area contributed by atoms with E-state index in [1.807, 2.05) is 6.26 Å². The summed E-state index contributed by atoms with van der Waals surface area (Å²) in [5, 5.41) is 0.394. The number of ether oxygens (including phenoxy) is 1. The number of carbonyl (C=O) groups is 3. The Morgan fingerprint density at radius 2 is 1.85 bits per heavy atom. The molecule has 1 aliphatic heterocycles. The molecule has 146 valence electrons. The molecule has 5 nitrogen and oxygen atoms in total. The minimum Gasteiger partial charge on any atom is -0.423 e. The standard InChI is InChI=1S/C19H21Cl2NO4S/c1-27-10-9-14(19(25)26-15-8-4-7-13(20)16(15)21)22-17(23)11-5-2-3-6-12(11)18(22)24/h4,7-8,11-12,14H,2-3,5-6,9-10H2,1H3. The molecule has 2 amide bonds. The fourth-order valence-corrected chi connectivity index (χ4v) is 4.61. The normalized spacial score (nSPS) is 23.3. The summed E-state index contributed by atoms with van der Waals surface area (Å²) >= 11 is 13.6. The quantitative estimate of drug-likeness (QED) is 0.385. The molecule has 1 saturated carbocycles. The minimum absolute atomic E-state index is 0.125. The average molecular weight is 430 g/mol. The van der Waals surface area contributed by atoms with Gasteiger partial charge in [-0.05, 0) is 43.4 Å². The van der Waals surface area contributed by atoms with Crippen LogP contribution in [0.5, 0.6) is 5.75 Å². The molecular formula is C19H21Cl2NO4S. The number of carbonyl (C=O) groups excluding carboxylic acids is 3. The van der Waals surface area contributed by atoms with E-state index < -0.39 is 12.0 Å². The molecule has 1 aliphatic carbocycles. The predicted molar refractivity (Wildman–Crippen MR) is 106 cm³/mol. The van der Waals surface area contributed by atoms with Crippen LogP contribution in [0.15, 0.2) is 18.2 Å². The van der Waals surface area contributed by atoms with E-state index >= 15 is 0 Å². The van der Waals surface area contributed by atoms with E-state index in [0.717, 1.165) is 17.7 Å². The number of nitrogens with zero attached hydrogens (tertiary/aromatic N) is 1. The van der Waals surface area contributed by atoms with Gasteiger partial charge in [0.15, 0.2) is 5.75 Å². The third kappa shape index (κ3) is 4.13. The molecule has 1 aromatic rings. The Morgan fingerprint density at radius 3 is 2.44 bits per heavy atom. The van der Waals surface area contributed by atoms with Gasteiger partial charge in [0, 0.05) is 0 Å². The number of benzene rings is 1. The zero-order chi connectivity index (χ0) is 19.6. The van der Waals surface area contributed by atoms with E-state index in [1.54, 1.807) is 23.9 Å². The number of thioether (sulfide) groups is 1. The van der Waals surface area contributed by atoms with Crippen LogP contribution in [-0.4, -0.2) is 40.7 Å². The number of halogens is 2. The van der Waals surface area contributed by atoms with Crippen LogP contribution >= 0.6 is 35.0 Å². The molecular weight excluding hydrogens is 409 g/mol. The number of fused-ring (bicyclic) bond motifs is 1. The first-order valence-electron chi connectivity index (χ1n) is 8.97. The first kappa shape index (κ1) is 20.5. The highest BCUT2D eigenvalue weighted by atomic mass is 35.5. The van der Waals surface area contributed by atoms with E-state index in [9.17, 15) is 14.4 Å². The number of imide groups is 1. The predicted octanol–water partition coefficient (Wildman–Crippen LogP) is 4.20. The molecule has 0 spiro atoms. The maximum Gasteiger partial charge on any atom is 0.334 e. The number of hydrogen-bond donors (Lipinski definition) is 0. The lowest BCUT2D eigenvalue weighted by atomic mass is 9.81. The molecule has 1 aromatic carbocycles. The molecule has 1 saturated heterocycles. The monoisotopic (exact) mass is 429 g/mol. The Hall–Kier alpha value is -1.24. The van der Waals surface area contributed by atoms with Gasteiger partial charge in [0.1, 0.15) is 11.1 Å². The molecule has 2 aliphatic rings. The van der Waals surface area contributed by atoms with Crippen molar-refractivity contribution in [3.05, 3.63) is 28.2 Å². The van der Waals surface area contributed by atoms with Crippen LogP contribution in [0.25, 0.3) is 0 Å². The molecule has 0 N–H and O–H groups in total. The van der Waals surface area contributed by atoms with Gasteiger partial charge in [-0.25, -0.2) is 4.79 Å². The lowest BCUT2D eigenvalue weighted by Gasteiger charge is -2.25. The van der Waals surface area contributed by atoms with Gasteiger partial charge in [-0.15, -0.1) is 0 Å². The van der Waals surface area contributed by atoms with Crippen molar-refractivity contribution in [1.29, 1.82) is 0 Å². The molecule has 2 fully saturated rings. The molecule has 3 unspecified atom stereocenters. The highest BCUT2D eigenvalue weighted by Gasteiger charge is 2.52. The second-order valence-corrected chi connectivity index (χ2v) is 8.59. The number of amides is 2. The minimum atomic E-state index is -0.946. The summed E-state index contributed by atoms with van der Waals surface area (Å²) in [6.45, 7) is 0. The summed E-state index contributed by atoms with van der Waals surface area (Å²) in [4.78, 5) is 39.8. The van der Waals surface area contributed by atoms with Crippen LogP contribution in [0.3, 0.4) is 0 Å². The van der Waals surface area contributed by atoms with Crippen LogP contribution in [-0.2, 0) is 14.4 Å². The van der Waals surface area contributed by atoms with Crippen molar-refractivity contribution < 1.29 is 19.1 Å². The molecule has 0 bridgehead atoms. The zero-order valence-corrected chi connectivity index (χ0v) is 17.3. The molecule has 27 heavy (non-hydrogen) atoms. The largest absolute Gasteiger partial charge is 0.423 e. The second-order valence-electron chi connectivity index (χ2n) is 6.81. The summed E-state index contributed by atoms with van der Waals surface area (Å²) < 4.78 is 5.44. The number of likely N-dealkylation sites (tertiary alicyclic amines) is 1. The van der Waals surface area contributed by atoms with Crippen molar-refractivity contribution in [2.75, 3.05) is 12.0 Å². The molecule has 1 heterocycles. The van der Waals surface area contributed by atoms with Crippen molar-refractivity contribution in [2.24, 2.45) is 11.8 Å². The van der Waals surface area contributed by atoms with Crippen LogP contribution in [0.2, 0.25) is 10.0 Å². The third-order valence-electron chi connectivity index (χ3n) is 5.18. The topological polar surface area (TPSA) is 63.7 Å². The van der Waals surface area contributed by atoms with Crippen molar-refractivity contribution in [2.45, 2.75) is 38.1 Å². The smallest absolute Gasteiger partial charge is 0.334 e. The van der Waals surface area contributed by atoms with Gasteiger partial charge < -0.3 is 4.74 Å². The first-order valence-corrected chi connectivity index (χ1v) is 11.1. The third-order valence-corrected chi connectivity index (χ3v) is 6.63. The first-order chi connectivity index (χ1) is 13.0. The average Bonchev–Trinajstić information content (AvgIpc) is 2.91. The van der Waals surface area contributed by atoms with E-state index in [0.29, 0.717) is 25.0 Å². The molecule has 3 rings (SSSR count). The fraction of sp³-hybridized carbons (Fsp3) is 0.526. The summed E-state index contributed by atoms with van der Waals surface area (Å²) in [6.07, 6.45) is 5.53. The Morgan fingerprint density at radius 1 is 1.22 bits per heavy atom. The molecule has 0 radical (unpaired) electrons. The van der Waals surface area contributed by atoms with Gasteiger partial charge in [0.25, 0.3) is 0 Å². The Bertz CT molecular complexity index is 733. The van der Waals surface area contributed by atoms with Gasteiger partial charge in [-0.1, -0.05) is 42.1 Å². The molecule has 0 aromatic heterocycles.